The molecule has 0 unspecified atom stereocenters. The maximum absolute atomic E-state index is 14.0. The van der Waals surface area contributed by atoms with Crippen LogP contribution in [-0.2, 0) is 17.6 Å². The average Bonchev–Trinajstić information content (AvgIpc) is 3.23. The lowest BCUT2D eigenvalue weighted by atomic mass is 10.2. The molecule has 35 heavy (non-hydrogen) atoms. The molecule has 0 spiro atoms. The molecule has 0 radical (unpaired) electrons. The number of aromatic carboxylic acids is 1. The molecule has 192 valence electrons. The van der Waals surface area contributed by atoms with E-state index in [1.807, 2.05) is 0 Å². The van der Waals surface area contributed by atoms with Gasteiger partial charge in [-0.1, -0.05) is 19.6 Å². The van der Waals surface area contributed by atoms with Crippen molar-refractivity contribution in [3.63, 3.8) is 0 Å². The fourth-order valence-electron chi connectivity index (χ4n) is 3.61. The number of nitrogens with zero attached hydrogens (tertiary/aromatic N) is 5. The molecule has 0 aliphatic carbocycles. The average molecular weight is 516 g/mol. The van der Waals surface area contributed by atoms with E-state index >= 15 is 0 Å². The van der Waals surface area contributed by atoms with Gasteiger partial charge in [0.15, 0.2) is 5.69 Å². The highest BCUT2D eigenvalue weighted by Crippen LogP contribution is 2.36. The molecule has 1 fully saturated rings. The van der Waals surface area contributed by atoms with E-state index < -0.39 is 37.4 Å². The van der Waals surface area contributed by atoms with Crippen LogP contribution in [0.15, 0.2) is 23.4 Å². The maximum atomic E-state index is 14.0. The van der Waals surface area contributed by atoms with Gasteiger partial charge in [0, 0.05) is 21.2 Å². The largest absolute Gasteiger partial charge is 0.476 e. The number of hydrogen-bond donors (Lipinski definition) is 1. The number of rotatable bonds is 10. The van der Waals surface area contributed by atoms with Crippen molar-refractivity contribution in [2.45, 2.75) is 57.5 Å². The van der Waals surface area contributed by atoms with Crippen molar-refractivity contribution < 1.29 is 32.5 Å². The lowest BCUT2D eigenvalue weighted by Crippen LogP contribution is -2.40. The quantitative estimate of drug-likeness (QED) is 0.376. The molecular formula is C21H28F3N5O5Si. The predicted molar refractivity (Wildman–Crippen MR) is 122 cm³/mol. The molecule has 3 heterocycles. The van der Waals surface area contributed by atoms with E-state index in [1.165, 1.54) is 11.1 Å². The van der Waals surface area contributed by atoms with Crippen LogP contribution in [0.1, 0.15) is 28.9 Å². The van der Waals surface area contributed by atoms with Gasteiger partial charge in [0.1, 0.15) is 18.9 Å². The van der Waals surface area contributed by atoms with Crippen LogP contribution < -0.4 is 15.2 Å². The van der Waals surface area contributed by atoms with Gasteiger partial charge in [-0.3, -0.25) is 9.78 Å². The number of carbonyl (C=O) groups is 1. The van der Waals surface area contributed by atoms with Crippen LogP contribution in [0.5, 0.6) is 5.88 Å². The Hall–Kier alpha value is -3.00. The van der Waals surface area contributed by atoms with E-state index in [0.29, 0.717) is 24.1 Å². The van der Waals surface area contributed by atoms with Crippen LogP contribution in [-0.4, -0.2) is 64.7 Å². The lowest BCUT2D eigenvalue weighted by molar-refractivity contribution is -0.138. The second-order valence-corrected chi connectivity index (χ2v) is 15.0. The first-order valence-electron chi connectivity index (χ1n) is 11.1. The maximum Gasteiger partial charge on any atom is 0.423 e. The smallest absolute Gasteiger partial charge is 0.423 e. The number of alkyl halides is 3. The molecule has 14 heteroatoms. The second kappa shape index (κ2) is 10.7. The second-order valence-electron chi connectivity index (χ2n) is 9.40. The molecule has 1 N–H and O–H groups in total. The van der Waals surface area contributed by atoms with E-state index in [0.717, 1.165) is 18.4 Å². The Balaban J connectivity index is 1.79. The van der Waals surface area contributed by atoms with Crippen molar-refractivity contribution in [3.8, 4) is 5.88 Å². The molecular weight excluding hydrogens is 487 g/mol. The minimum absolute atomic E-state index is 0.0585. The Kier molecular flexibility index (Phi) is 8.15. The molecule has 3 rings (SSSR count). The lowest BCUT2D eigenvalue weighted by Gasteiger charge is -2.28. The van der Waals surface area contributed by atoms with Gasteiger partial charge < -0.3 is 19.5 Å². The van der Waals surface area contributed by atoms with Gasteiger partial charge in [-0.15, -0.1) is 0 Å². The van der Waals surface area contributed by atoms with Gasteiger partial charge in [0.25, 0.3) is 5.56 Å². The molecule has 1 saturated heterocycles. The molecule has 1 aliphatic heterocycles. The molecule has 0 amide bonds. The van der Waals surface area contributed by atoms with Crippen LogP contribution in [0.3, 0.4) is 0 Å². The van der Waals surface area contributed by atoms with E-state index in [-0.39, 0.29) is 37.1 Å². The zero-order chi connectivity index (χ0) is 25.8. The monoisotopic (exact) mass is 515 g/mol. The summed E-state index contributed by atoms with van der Waals surface area (Å²) in [6.07, 6.45) is -0.499. The van der Waals surface area contributed by atoms with Gasteiger partial charge in [-0.05, 0) is 18.9 Å². The van der Waals surface area contributed by atoms with Crippen LogP contribution in [0.2, 0.25) is 25.7 Å². The molecule has 10 nitrogen and oxygen atoms in total. The summed E-state index contributed by atoms with van der Waals surface area (Å²) in [6, 6.07) is 0.303. The Labute approximate surface area is 200 Å². The third-order valence-electron chi connectivity index (χ3n) is 5.46. The van der Waals surface area contributed by atoms with Gasteiger partial charge in [-0.25, -0.2) is 14.5 Å². The molecule has 2 aromatic rings. The number of aromatic nitrogens is 4. The summed E-state index contributed by atoms with van der Waals surface area (Å²) < 4.78 is 53.6. The summed E-state index contributed by atoms with van der Waals surface area (Å²) in [5.74, 6) is -1.34. The van der Waals surface area contributed by atoms with E-state index in [9.17, 15) is 22.8 Å². The van der Waals surface area contributed by atoms with Gasteiger partial charge in [0.2, 0.25) is 5.88 Å². The number of anilines is 1. The van der Waals surface area contributed by atoms with Crippen molar-refractivity contribution in [2.24, 2.45) is 0 Å². The zero-order valence-electron chi connectivity index (χ0n) is 19.7. The van der Waals surface area contributed by atoms with E-state index in [4.69, 9.17) is 14.6 Å². The highest BCUT2D eigenvalue weighted by molar-refractivity contribution is 6.76. The summed E-state index contributed by atoms with van der Waals surface area (Å²) in [6.45, 7) is 6.60. The van der Waals surface area contributed by atoms with Crippen LogP contribution >= 0.6 is 0 Å². The predicted octanol–water partition coefficient (Wildman–Crippen LogP) is 3.11. The highest BCUT2D eigenvalue weighted by atomic mass is 28.3. The number of hydrogen-bond acceptors (Lipinski definition) is 8. The summed E-state index contributed by atoms with van der Waals surface area (Å²) >= 11 is 0. The van der Waals surface area contributed by atoms with Crippen LogP contribution in [0, 0.1) is 0 Å². The Morgan fingerprint density at radius 1 is 1.26 bits per heavy atom. The zero-order valence-corrected chi connectivity index (χ0v) is 20.7. The molecule has 0 aromatic carbocycles. The molecule has 0 saturated carbocycles. The normalized spacial score (nSPS) is 16.5. The van der Waals surface area contributed by atoms with E-state index in [1.54, 1.807) is 0 Å². The van der Waals surface area contributed by atoms with Gasteiger partial charge in [0.05, 0.1) is 30.3 Å². The Morgan fingerprint density at radius 2 is 2.00 bits per heavy atom. The van der Waals surface area contributed by atoms with Gasteiger partial charge in [-0.2, -0.15) is 18.3 Å². The fraction of sp³-hybridized carbons (Fsp3) is 0.571. The van der Waals surface area contributed by atoms with E-state index in [2.05, 4.69) is 34.7 Å². The minimum Gasteiger partial charge on any atom is -0.476 e. The topological polar surface area (TPSA) is 120 Å². The van der Waals surface area contributed by atoms with Crippen LogP contribution in [0.25, 0.3) is 0 Å². The Morgan fingerprint density at radius 3 is 2.66 bits per heavy atom. The summed E-state index contributed by atoms with van der Waals surface area (Å²) in [5.41, 5.74) is -3.21. The summed E-state index contributed by atoms with van der Waals surface area (Å²) in [5, 5.41) is 13.0. The third kappa shape index (κ3) is 7.00. The SMILES string of the molecule is C[Si](C)(C)CCOCn1ncc(N2CCC[C@H]2COc2cncc(C(=O)O)n2)c(C(F)(F)F)c1=O. The fourth-order valence-corrected chi connectivity index (χ4v) is 4.37. The Bertz CT molecular complexity index is 1110. The molecule has 1 aliphatic rings. The first-order chi connectivity index (χ1) is 16.4. The number of halogens is 3. The molecule has 0 bridgehead atoms. The van der Waals surface area contributed by atoms with Crippen molar-refractivity contribution in [1.29, 1.82) is 0 Å². The van der Waals surface area contributed by atoms with Crippen LogP contribution in [0.4, 0.5) is 18.9 Å². The number of carboxylic acid groups (broad SMARTS) is 1. The van der Waals surface area contributed by atoms with Crippen molar-refractivity contribution in [3.05, 3.63) is 40.2 Å². The summed E-state index contributed by atoms with van der Waals surface area (Å²) in [4.78, 5) is 32.8. The number of carboxylic acids is 1. The highest BCUT2D eigenvalue weighted by Gasteiger charge is 2.41. The summed E-state index contributed by atoms with van der Waals surface area (Å²) in [7, 11) is -1.39. The van der Waals surface area contributed by atoms with Crippen molar-refractivity contribution in [1.82, 2.24) is 19.7 Å². The minimum atomic E-state index is -4.90. The first kappa shape index (κ1) is 26.6. The molecule has 2 aromatic heterocycles. The van der Waals surface area contributed by atoms with Gasteiger partial charge >= 0.3 is 12.1 Å². The molecule has 1 atom stereocenters. The van der Waals surface area contributed by atoms with Crippen molar-refractivity contribution in [2.75, 3.05) is 24.7 Å². The standard InChI is InChI=1S/C21H28F3N5O5Si/c1-35(2,3)8-7-33-13-29-19(30)18(21(22,23)24)16(10-26-29)28-6-4-5-14(28)12-34-17-11-25-9-15(27-17)20(31)32/h9-11,14H,4-8,12-13H2,1-3H3,(H,31,32)/t14-/m0/s1. The number of ether oxygens (including phenoxy) is 2. The third-order valence-corrected chi connectivity index (χ3v) is 7.16. The van der Waals surface area contributed by atoms with Crippen molar-refractivity contribution >= 4 is 19.7 Å². The first-order valence-corrected chi connectivity index (χ1v) is 14.8.